The summed E-state index contributed by atoms with van der Waals surface area (Å²) >= 11 is 3.38. The van der Waals surface area contributed by atoms with E-state index in [0.717, 1.165) is 22.2 Å². The Hall–Kier alpha value is -3.39. The molecule has 0 aliphatic heterocycles. The molecular formula is C23H14BrF3N2O2. The third-order valence-corrected chi connectivity index (χ3v) is 5.04. The Morgan fingerprint density at radius 1 is 0.935 bits per heavy atom. The number of hydrogen-bond donors (Lipinski definition) is 1. The molecule has 1 aromatic heterocycles. The van der Waals surface area contributed by atoms with Gasteiger partial charge in [0.05, 0.1) is 17.3 Å². The zero-order chi connectivity index (χ0) is 22.0. The van der Waals surface area contributed by atoms with Crippen LogP contribution in [0.15, 0.2) is 87.9 Å². The van der Waals surface area contributed by atoms with Gasteiger partial charge in [0.25, 0.3) is 5.91 Å². The maximum atomic E-state index is 12.8. The van der Waals surface area contributed by atoms with Crippen LogP contribution in [0.2, 0.25) is 0 Å². The van der Waals surface area contributed by atoms with Crippen molar-refractivity contribution in [2.75, 3.05) is 5.32 Å². The normalized spacial score (nSPS) is 11.4. The van der Waals surface area contributed by atoms with Crippen molar-refractivity contribution in [3.05, 3.63) is 94.6 Å². The maximum Gasteiger partial charge on any atom is 0.416 e. The Bertz CT molecular complexity index is 1220. The molecule has 0 aliphatic rings. The quantitative estimate of drug-likeness (QED) is 0.336. The molecule has 156 valence electrons. The molecule has 1 N–H and O–H groups in total. The molecule has 0 spiro atoms. The van der Waals surface area contributed by atoms with Gasteiger partial charge >= 0.3 is 6.18 Å². The molecule has 0 fully saturated rings. The van der Waals surface area contributed by atoms with E-state index in [0.29, 0.717) is 11.3 Å². The summed E-state index contributed by atoms with van der Waals surface area (Å²) in [6, 6.07) is 18.5. The van der Waals surface area contributed by atoms with Crippen LogP contribution >= 0.6 is 15.9 Å². The van der Waals surface area contributed by atoms with Crippen molar-refractivity contribution in [1.29, 1.82) is 0 Å². The molecule has 4 nitrogen and oxygen atoms in total. The zero-order valence-electron chi connectivity index (χ0n) is 15.8. The summed E-state index contributed by atoms with van der Waals surface area (Å²) in [4.78, 5) is 17.1. The summed E-state index contributed by atoms with van der Waals surface area (Å²) < 4.78 is 45.0. The van der Waals surface area contributed by atoms with E-state index in [1.165, 1.54) is 12.1 Å². The minimum absolute atomic E-state index is 0.246. The second kappa shape index (κ2) is 8.39. The Morgan fingerprint density at radius 2 is 1.61 bits per heavy atom. The van der Waals surface area contributed by atoms with E-state index < -0.39 is 17.6 Å². The number of anilines is 1. The number of oxazole rings is 1. The van der Waals surface area contributed by atoms with Gasteiger partial charge < -0.3 is 9.73 Å². The lowest BCUT2D eigenvalue weighted by molar-refractivity contribution is -0.137. The highest BCUT2D eigenvalue weighted by atomic mass is 79.9. The minimum Gasteiger partial charge on any atom is -0.436 e. The molecule has 0 unspecified atom stereocenters. The number of halogens is 4. The average Bonchev–Trinajstić information content (AvgIpc) is 3.24. The highest BCUT2D eigenvalue weighted by Gasteiger charge is 2.30. The lowest BCUT2D eigenvalue weighted by atomic mass is 10.1. The van der Waals surface area contributed by atoms with Crippen molar-refractivity contribution in [2.45, 2.75) is 6.18 Å². The monoisotopic (exact) mass is 486 g/mol. The largest absolute Gasteiger partial charge is 0.436 e. The smallest absolute Gasteiger partial charge is 0.416 e. The Balaban J connectivity index is 1.59. The number of nitrogens with zero attached hydrogens (tertiary/aromatic N) is 1. The molecule has 0 atom stereocenters. The summed E-state index contributed by atoms with van der Waals surface area (Å²) in [6.45, 7) is 0. The van der Waals surface area contributed by atoms with Crippen LogP contribution in [-0.4, -0.2) is 10.9 Å². The fraction of sp³-hybridized carbons (Fsp3) is 0.0435. The molecule has 0 radical (unpaired) electrons. The summed E-state index contributed by atoms with van der Waals surface area (Å²) in [6.07, 6.45) is -2.87. The molecule has 0 saturated heterocycles. The Morgan fingerprint density at radius 3 is 2.29 bits per heavy atom. The molecule has 0 aliphatic carbocycles. The van der Waals surface area contributed by atoms with E-state index in [-0.39, 0.29) is 17.1 Å². The maximum absolute atomic E-state index is 12.8. The van der Waals surface area contributed by atoms with Crippen LogP contribution in [0, 0.1) is 0 Å². The molecular weight excluding hydrogens is 473 g/mol. The predicted molar refractivity (Wildman–Crippen MR) is 114 cm³/mol. The van der Waals surface area contributed by atoms with Gasteiger partial charge in [-0.05, 0) is 48.5 Å². The number of carbonyl (C=O) groups excluding carboxylic acids is 1. The van der Waals surface area contributed by atoms with Crippen molar-refractivity contribution in [3.8, 4) is 22.8 Å². The fourth-order valence-corrected chi connectivity index (χ4v) is 3.22. The number of carbonyl (C=O) groups is 1. The van der Waals surface area contributed by atoms with Crippen LogP contribution in [0.1, 0.15) is 15.9 Å². The van der Waals surface area contributed by atoms with Crippen LogP contribution in [0.4, 0.5) is 18.9 Å². The van der Waals surface area contributed by atoms with Crippen LogP contribution in [0.3, 0.4) is 0 Å². The summed E-state index contributed by atoms with van der Waals surface area (Å²) in [5, 5.41) is 2.61. The first-order valence-electron chi connectivity index (χ1n) is 9.11. The van der Waals surface area contributed by atoms with Gasteiger partial charge in [-0.2, -0.15) is 13.2 Å². The number of rotatable bonds is 4. The van der Waals surface area contributed by atoms with E-state index in [2.05, 4.69) is 26.2 Å². The van der Waals surface area contributed by atoms with Crippen LogP contribution in [-0.2, 0) is 6.18 Å². The topological polar surface area (TPSA) is 55.1 Å². The molecule has 1 heterocycles. The van der Waals surface area contributed by atoms with E-state index in [4.69, 9.17) is 4.42 Å². The van der Waals surface area contributed by atoms with Crippen molar-refractivity contribution in [2.24, 2.45) is 0 Å². The van der Waals surface area contributed by atoms with Gasteiger partial charge in [-0.1, -0.05) is 40.2 Å². The standard InChI is InChI=1S/C23H14BrF3N2O2/c24-16-9-5-14(6-10-16)20-13-28-22(31-20)19-4-2-1-3-18(19)21(30)29-17-11-7-15(8-12-17)23(25,26)27/h1-13H,(H,29,30). The second-order valence-electron chi connectivity index (χ2n) is 6.61. The Kier molecular flexibility index (Phi) is 5.65. The molecule has 8 heteroatoms. The van der Waals surface area contributed by atoms with Crippen molar-refractivity contribution < 1.29 is 22.4 Å². The van der Waals surface area contributed by atoms with E-state index in [1.54, 1.807) is 30.5 Å². The number of amides is 1. The van der Waals surface area contributed by atoms with Gasteiger partial charge in [-0.15, -0.1) is 0 Å². The van der Waals surface area contributed by atoms with Gasteiger partial charge in [0.2, 0.25) is 5.89 Å². The van der Waals surface area contributed by atoms with Crippen LogP contribution in [0.5, 0.6) is 0 Å². The average molecular weight is 487 g/mol. The Labute approximate surface area is 183 Å². The van der Waals surface area contributed by atoms with Gasteiger partial charge in [0, 0.05) is 21.3 Å². The summed E-state index contributed by atoms with van der Waals surface area (Å²) in [5.74, 6) is 0.315. The van der Waals surface area contributed by atoms with E-state index >= 15 is 0 Å². The number of aromatic nitrogens is 1. The van der Waals surface area contributed by atoms with E-state index in [9.17, 15) is 18.0 Å². The van der Waals surface area contributed by atoms with Crippen LogP contribution in [0.25, 0.3) is 22.8 Å². The number of nitrogens with one attached hydrogen (secondary N) is 1. The first-order valence-corrected chi connectivity index (χ1v) is 9.90. The third kappa shape index (κ3) is 4.69. The third-order valence-electron chi connectivity index (χ3n) is 4.51. The van der Waals surface area contributed by atoms with E-state index in [1.807, 2.05) is 24.3 Å². The molecule has 4 rings (SSSR count). The molecule has 0 bridgehead atoms. The number of alkyl halides is 3. The lowest BCUT2D eigenvalue weighted by Gasteiger charge is -2.10. The highest BCUT2D eigenvalue weighted by molar-refractivity contribution is 9.10. The van der Waals surface area contributed by atoms with Crippen molar-refractivity contribution in [3.63, 3.8) is 0 Å². The van der Waals surface area contributed by atoms with Crippen molar-refractivity contribution in [1.82, 2.24) is 4.98 Å². The van der Waals surface area contributed by atoms with Gasteiger partial charge in [-0.25, -0.2) is 4.98 Å². The highest BCUT2D eigenvalue weighted by Crippen LogP contribution is 2.31. The van der Waals surface area contributed by atoms with Gasteiger partial charge in [0.1, 0.15) is 0 Å². The van der Waals surface area contributed by atoms with Gasteiger partial charge in [0.15, 0.2) is 5.76 Å². The molecule has 31 heavy (non-hydrogen) atoms. The molecule has 1 amide bonds. The fourth-order valence-electron chi connectivity index (χ4n) is 2.95. The van der Waals surface area contributed by atoms with Crippen LogP contribution < -0.4 is 5.32 Å². The zero-order valence-corrected chi connectivity index (χ0v) is 17.4. The lowest BCUT2D eigenvalue weighted by Crippen LogP contribution is -2.13. The minimum atomic E-state index is -4.44. The SMILES string of the molecule is O=C(Nc1ccc(C(F)(F)F)cc1)c1ccccc1-c1ncc(-c2ccc(Br)cc2)o1. The van der Waals surface area contributed by atoms with Crippen molar-refractivity contribution >= 4 is 27.5 Å². The number of benzene rings is 3. The predicted octanol–water partition coefficient (Wildman–Crippen LogP) is 7.04. The first kappa shape index (κ1) is 20.9. The summed E-state index contributed by atoms with van der Waals surface area (Å²) in [5.41, 5.74) is 1.04. The first-order chi connectivity index (χ1) is 14.8. The second-order valence-corrected chi connectivity index (χ2v) is 7.53. The molecule has 4 aromatic rings. The van der Waals surface area contributed by atoms with Gasteiger partial charge in [-0.3, -0.25) is 4.79 Å². The summed E-state index contributed by atoms with van der Waals surface area (Å²) in [7, 11) is 0. The molecule has 3 aromatic carbocycles. The number of hydrogen-bond acceptors (Lipinski definition) is 3. The molecule has 0 saturated carbocycles.